The lowest BCUT2D eigenvalue weighted by atomic mass is 9.53. The van der Waals surface area contributed by atoms with Crippen molar-refractivity contribution in [2.45, 2.75) is 20.3 Å². The van der Waals surface area contributed by atoms with Gasteiger partial charge in [-0.2, -0.15) is 5.10 Å². The van der Waals surface area contributed by atoms with Gasteiger partial charge < -0.3 is 5.73 Å². The van der Waals surface area contributed by atoms with E-state index in [-0.39, 0.29) is 5.41 Å². The Labute approximate surface area is 76.9 Å². The Kier molecular flexibility index (Phi) is 1.49. The molecule has 0 spiro atoms. The van der Waals surface area contributed by atoms with Gasteiger partial charge in [0.1, 0.15) is 0 Å². The molecule has 70 valence electrons. The van der Waals surface area contributed by atoms with Crippen molar-refractivity contribution in [2.24, 2.45) is 22.2 Å². The molecule has 2 rings (SSSR count). The number of fused-ring (bicyclic) bond motifs is 1. The third-order valence-corrected chi connectivity index (χ3v) is 2.70. The molecule has 1 fully saturated rings. The number of allylic oxidation sites excluding steroid dienone is 2. The number of nitrogens with zero attached hydrogens (tertiary/aromatic N) is 1. The van der Waals surface area contributed by atoms with Gasteiger partial charge in [-0.15, -0.1) is 0 Å². The second kappa shape index (κ2) is 2.34. The molecule has 0 aliphatic heterocycles. The third-order valence-electron chi connectivity index (χ3n) is 2.70. The minimum Gasteiger partial charge on any atom is -0.350 e. The van der Waals surface area contributed by atoms with E-state index in [0.29, 0.717) is 5.92 Å². The van der Waals surface area contributed by atoms with Crippen LogP contribution in [-0.4, -0.2) is 11.7 Å². The largest absolute Gasteiger partial charge is 0.350 e. The topological polar surface area (TPSA) is 67.5 Å². The number of amides is 2. The van der Waals surface area contributed by atoms with Gasteiger partial charge in [0.25, 0.3) is 0 Å². The molecule has 0 radical (unpaired) electrons. The minimum atomic E-state index is -0.595. The standard InChI is InChI=1S/C9H13N3O/c1-9(2)4-5-3-6(7(5)9)11-12-8(10)13/h4,7H,3H2,1-2H3,(H3,10,12,13)/b11-6-. The van der Waals surface area contributed by atoms with Crippen molar-refractivity contribution in [2.75, 3.05) is 0 Å². The predicted octanol–water partition coefficient (Wildman–Crippen LogP) is 0.997. The van der Waals surface area contributed by atoms with Crippen molar-refractivity contribution in [3.63, 3.8) is 0 Å². The lowest BCUT2D eigenvalue weighted by Gasteiger charge is -2.51. The van der Waals surface area contributed by atoms with E-state index in [9.17, 15) is 4.79 Å². The zero-order chi connectivity index (χ0) is 9.64. The van der Waals surface area contributed by atoms with E-state index in [1.807, 2.05) is 0 Å². The first-order valence-electron chi connectivity index (χ1n) is 4.34. The van der Waals surface area contributed by atoms with E-state index < -0.39 is 6.03 Å². The molecule has 1 saturated carbocycles. The van der Waals surface area contributed by atoms with Crippen LogP contribution in [0.15, 0.2) is 16.8 Å². The van der Waals surface area contributed by atoms with Crippen LogP contribution in [0.4, 0.5) is 4.79 Å². The van der Waals surface area contributed by atoms with Crippen LogP contribution in [0, 0.1) is 11.3 Å². The van der Waals surface area contributed by atoms with Crippen LogP contribution in [0.2, 0.25) is 0 Å². The van der Waals surface area contributed by atoms with Gasteiger partial charge in [0, 0.05) is 12.3 Å². The number of nitrogens with two attached hydrogens (primary N) is 1. The first-order chi connectivity index (χ1) is 6.00. The maximum Gasteiger partial charge on any atom is 0.332 e. The maximum atomic E-state index is 10.4. The van der Waals surface area contributed by atoms with Gasteiger partial charge >= 0.3 is 6.03 Å². The number of urea groups is 1. The lowest BCUT2D eigenvalue weighted by molar-refractivity contribution is 0.248. The quantitative estimate of drug-likeness (QED) is 0.457. The highest BCUT2D eigenvalue weighted by Gasteiger charge is 2.49. The molecule has 2 aliphatic rings. The zero-order valence-corrected chi connectivity index (χ0v) is 7.79. The number of hydrogen-bond acceptors (Lipinski definition) is 2. The number of nitrogens with one attached hydrogen (secondary N) is 1. The lowest BCUT2D eigenvalue weighted by Crippen LogP contribution is -2.48. The second-order valence-corrected chi connectivity index (χ2v) is 4.23. The molecule has 13 heavy (non-hydrogen) atoms. The third kappa shape index (κ3) is 1.13. The second-order valence-electron chi connectivity index (χ2n) is 4.23. The predicted molar refractivity (Wildman–Crippen MR) is 50.1 cm³/mol. The van der Waals surface area contributed by atoms with Crippen LogP contribution in [-0.2, 0) is 0 Å². The van der Waals surface area contributed by atoms with E-state index in [0.717, 1.165) is 12.1 Å². The van der Waals surface area contributed by atoms with Crippen molar-refractivity contribution in [3.05, 3.63) is 11.6 Å². The molecule has 4 nitrogen and oxygen atoms in total. The molecule has 2 aliphatic carbocycles. The fourth-order valence-electron chi connectivity index (χ4n) is 2.23. The van der Waals surface area contributed by atoms with Crippen molar-refractivity contribution in [3.8, 4) is 0 Å². The molecule has 1 unspecified atom stereocenters. The molecule has 0 aromatic carbocycles. The Morgan fingerprint density at radius 2 is 2.46 bits per heavy atom. The monoisotopic (exact) mass is 179 g/mol. The van der Waals surface area contributed by atoms with Crippen LogP contribution >= 0.6 is 0 Å². The number of primary amides is 1. The van der Waals surface area contributed by atoms with Gasteiger partial charge in [-0.3, -0.25) is 0 Å². The number of rotatable bonds is 1. The van der Waals surface area contributed by atoms with E-state index in [1.165, 1.54) is 5.57 Å². The fraction of sp³-hybridized carbons (Fsp3) is 0.556. The molecule has 0 aromatic heterocycles. The van der Waals surface area contributed by atoms with E-state index in [4.69, 9.17) is 5.73 Å². The molecule has 3 N–H and O–H groups in total. The maximum absolute atomic E-state index is 10.4. The number of hydrazone groups is 1. The highest BCUT2D eigenvalue weighted by Crippen LogP contribution is 2.54. The summed E-state index contributed by atoms with van der Waals surface area (Å²) in [6.45, 7) is 4.33. The highest BCUT2D eigenvalue weighted by molar-refractivity contribution is 6.02. The molecule has 1 atom stereocenters. The van der Waals surface area contributed by atoms with Crippen LogP contribution in [0.1, 0.15) is 20.3 Å². The van der Waals surface area contributed by atoms with Gasteiger partial charge in [0.2, 0.25) is 0 Å². The van der Waals surface area contributed by atoms with Crippen molar-refractivity contribution >= 4 is 11.7 Å². The number of carbonyl (C=O) groups is 1. The summed E-state index contributed by atoms with van der Waals surface area (Å²) in [6.07, 6.45) is 3.16. The minimum absolute atomic E-state index is 0.214. The molecular weight excluding hydrogens is 166 g/mol. The van der Waals surface area contributed by atoms with Gasteiger partial charge in [0.05, 0.1) is 5.71 Å². The number of carbonyl (C=O) groups excluding carboxylic acids is 1. The summed E-state index contributed by atoms with van der Waals surface area (Å²) in [4.78, 5) is 10.4. The van der Waals surface area contributed by atoms with Gasteiger partial charge in [-0.05, 0) is 5.41 Å². The van der Waals surface area contributed by atoms with Crippen molar-refractivity contribution < 1.29 is 4.79 Å². The van der Waals surface area contributed by atoms with E-state index in [2.05, 4.69) is 30.5 Å². The molecule has 0 aromatic rings. The summed E-state index contributed by atoms with van der Waals surface area (Å²) in [5, 5.41) is 3.96. The Morgan fingerprint density at radius 1 is 1.77 bits per heavy atom. The number of hydrogen-bond donors (Lipinski definition) is 2. The Hall–Kier alpha value is -1.32. The summed E-state index contributed by atoms with van der Waals surface area (Å²) in [5.74, 6) is 0.444. The van der Waals surface area contributed by atoms with Gasteiger partial charge in [-0.1, -0.05) is 25.5 Å². The normalized spacial score (nSPS) is 31.1. The smallest absolute Gasteiger partial charge is 0.332 e. The fourth-order valence-corrected chi connectivity index (χ4v) is 2.23. The van der Waals surface area contributed by atoms with Crippen LogP contribution in [0.5, 0.6) is 0 Å². The Balaban J connectivity index is 2.04. The van der Waals surface area contributed by atoms with Crippen LogP contribution in [0.25, 0.3) is 0 Å². The van der Waals surface area contributed by atoms with Crippen molar-refractivity contribution in [1.29, 1.82) is 0 Å². The van der Waals surface area contributed by atoms with E-state index >= 15 is 0 Å². The Morgan fingerprint density at radius 3 is 2.92 bits per heavy atom. The van der Waals surface area contributed by atoms with E-state index in [1.54, 1.807) is 0 Å². The summed E-state index contributed by atoms with van der Waals surface area (Å²) >= 11 is 0. The molecule has 4 heteroatoms. The SMILES string of the molecule is CC1(C)C=C2C/C(=N/NC(N)=O)C21. The first kappa shape index (κ1) is 8.29. The molecular formula is C9H13N3O. The molecule has 0 saturated heterocycles. The highest BCUT2D eigenvalue weighted by atomic mass is 16.2. The summed E-state index contributed by atoms with van der Waals surface area (Å²) in [5.41, 5.74) is 9.88. The average Bonchev–Trinajstić information content (AvgIpc) is 1.93. The van der Waals surface area contributed by atoms with Crippen LogP contribution in [0.3, 0.4) is 0 Å². The summed E-state index contributed by atoms with van der Waals surface area (Å²) in [6, 6.07) is -0.595. The molecule has 2 amide bonds. The van der Waals surface area contributed by atoms with Crippen LogP contribution < -0.4 is 11.2 Å². The molecule has 0 bridgehead atoms. The van der Waals surface area contributed by atoms with Gasteiger partial charge in [0.15, 0.2) is 0 Å². The van der Waals surface area contributed by atoms with Crippen molar-refractivity contribution in [1.82, 2.24) is 5.43 Å². The Bertz CT molecular complexity index is 328. The first-order valence-corrected chi connectivity index (χ1v) is 4.34. The zero-order valence-electron chi connectivity index (χ0n) is 7.79. The van der Waals surface area contributed by atoms with Gasteiger partial charge in [-0.25, -0.2) is 10.2 Å². The average molecular weight is 179 g/mol. The summed E-state index contributed by atoms with van der Waals surface area (Å²) < 4.78 is 0. The molecule has 0 heterocycles. The summed E-state index contributed by atoms with van der Waals surface area (Å²) in [7, 11) is 0.